The molecule has 2 aliphatic rings. The van der Waals surface area contributed by atoms with E-state index in [9.17, 15) is 9.50 Å². The first-order chi connectivity index (χ1) is 12.5. The molecule has 0 aliphatic carbocycles. The zero-order chi connectivity index (χ0) is 18.3. The summed E-state index contributed by atoms with van der Waals surface area (Å²) in [5.41, 5.74) is 1.92. The molecular weight excluding hydrogens is 329 g/mol. The van der Waals surface area contributed by atoms with E-state index in [1.54, 1.807) is 12.1 Å². The molecule has 0 amide bonds. The summed E-state index contributed by atoms with van der Waals surface area (Å²) in [6, 6.07) is 7.29. The standard InChI is InChI=1S/C21H28FN3O/c1-3-10-25-15(2)16(13-23-25)14-24-17-8-9-18(24)12-21(26,11-17)19-6-4-5-7-20(19)22/h4-7,13,17-18,26H,3,8-12,14H2,1-2H3/t17-,18-/m1/s1. The van der Waals surface area contributed by atoms with Gasteiger partial charge in [0, 0.05) is 42.0 Å². The van der Waals surface area contributed by atoms with Crippen molar-refractivity contribution in [2.45, 2.75) is 76.7 Å². The van der Waals surface area contributed by atoms with Gasteiger partial charge in [-0.15, -0.1) is 0 Å². The molecule has 2 saturated heterocycles. The van der Waals surface area contributed by atoms with Gasteiger partial charge >= 0.3 is 0 Å². The lowest BCUT2D eigenvalue weighted by Gasteiger charge is -2.44. The van der Waals surface area contributed by atoms with E-state index in [0.717, 1.165) is 32.4 Å². The maximum absolute atomic E-state index is 14.3. The molecule has 26 heavy (non-hydrogen) atoms. The van der Waals surface area contributed by atoms with E-state index in [4.69, 9.17) is 0 Å². The molecule has 2 fully saturated rings. The van der Waals surface area contributed by atoms with Gasteiger partial charge in [0.25, 0.3) is 0 Å². The minimum absolute atomic E-state index is 0.292. The molecule has 140 valence electrons. The van der Waals surface area contributed by atoms with E-state index in [0.29, 0.717) is 30.5 Å². The smallest absolute Gasteiger partial charge is 0.129 e. The molecule has 0 spiro atoms. The van der Waals surface area contributed by atoms with Crippen molar-refractivity contribution in [3.05, 3.63) is 53.1 Å². The molecule has 1 aromatic carbocycles. The second-order valence-corrected chi connectivity index (χ2v) is 7.96. The molecule has 0 unspecified atom stereocenters. The van der Waals surface area contributed by atoms with Crippen molar-refractivity contribution < 1.29 is 9.50 Å². The third kappa shape index (κ3) is 2.97. The van der Waals surface area contributed by atoms with E-state index in [2.05, 4.69) is 28.5 Å². The molecule has 2 aromatic rings. The van der Waals surface area contributed by atoms with E-state index in [1.165, 1.54) is 17.3 Å². The van der Waals surface area contributed by atoms with Gasteiger partial charge in [-0.1, -0.05) is 25.1 Å². The zero-order valence-electron chi connectivity index (χ0n) is 15.7. The highest BCUT2D eigenvalue weighted by molar-refractivity contribution is 5.27. The molecule has 2 atom stereocenters. The van der Waals surface area contributed by atoms with Crippen LogP contribution in [0.25, 0.3) is 0 Å². The normalized spacial score (nSPS) is 28.6. The lowest BCUT2D eigenvalue weighted by molar-refractivity contribution is -0.0616. The minimum Gasteiger partial charge on any atom is -0.385 e. The summed E-state index contributed by atoms with van der Waals surface area (Å²) < 4.78 is 16.4. The van der Waals surface area contributed by atoms with Crippen LogP contribution in [0.2, 0.25) is 0 Å². The SMILES string of the molecule is CCCn1ncc(CN2[C@@H]3CC[C@@H]2CC(O)(c2ccccc2F)C3)c1C. The summed E-state index contributed by atoms with van der Waals surface area (Å²) in [5.74, 6) is -0.292. The van der Waals surface area contributed by atoms with E-state index < -0.39 is 5.60 Å². The van der Waals surface area contributed by atoms with Crippen molar-refractivity contribution in [3.63, 3.8) is 0 Å². The Kier molecular flexibility index (Phi) is 4.61. The van der Waals surface area contributed by atoms with Crippen LogP contribution in [0.1, 0.15) is 55.8 Å². The van der Waals surface area contributed by atoms with Crippen LogP contribution in [0.15, 0.2) is 30.5 Å². The van der Waals surface area contributed by atoms with Crippen molar-refractivity contribution in [1.82, 2.24) is 14.7 Å². The van der Waals surface area contributed by atoms with Gasteiger partial charge in [0.2, 0.25) is 0 Å². The Morgan fingerprint density at radius 2 is 1.92 bits per heavy atom. The van der Waals surface area contributed by atoms with E-state index in [1.807, 2.05) is 12.3 Å². The number of hydrogen-bond acceptors (Lipinski definition) is 3. The Morgan fingerprint density at radius 1 is 1.23 bits per heavy atom. The summed E-state index contributed by atoms with van der Waals surface area (Å²) in [6.07, 6.45) is 6.42. The van der Waals surface area contributed by atoms with Gasteiger partial charge < -0.3 is 5.11 Å². The molecule has 1 N–H and O–H groups in total. The second kappa shape index (κ2) is 6.78. The number of fused-ring (bicyclic) bond motifs is 2. The first-order valence-corrected chi connectivity index (χ1v) is 9.76. The largest absolute Gasteiger partial charge is 0.385 e. The van der Waals surface area contributed by atoms with Crippen LogP contribution >= 0.6 is 0 Å². The molecule has 3 heterocycles. The van der Waals surface area contributed by atoms with Gasteiger partial charge in [-0.2, -0.15) is 5.10 Å². The molecule has 2 bridgehead atoms. The molecule has 4 rings (SSSR count). The van der Waals surface area contributed by atoms with Gasteiger partial charge in [-0.25, -0.2) is 4.39 Å². The van der Waals surface area contributed by atoms with Gasteiger partial charge in [0.05, 0.1) is 11.8 Å². The predicted octanol–water partition coefficient (Wildman–Crippen LogP) is 3.76. The Morgan fingerprint density at radius 3 is 2.58 bits per heavy atom. The fourth-order valence-electron chi connectivity index (χ4n) is 4.91. The molecule has 2 aliphatic heterocycles. The number of rotatable bonds is 5. The topological polar surface area (TPSA) is 41.3 Å². The van der Waals surface area contributed by atoms with Crippen LogP contribution in [-0.4, -0.2) is 31.9 Å². The maximum atomic E-state index is 14.3. The van der Waals surface area contributed by atoms with Gasteiger partial charge in [-0.05, 0) is 45.1 Å². The Hall–Kier alpha value is -1.72. The first-order valence-electron chi connectivity index (χ1n) is 9.76. The van der Waals surface area contributed by atoms with Crippen LogP contribution < -0.4 is 0 Å². The molecule has 5 heteroatoms. The van der Waals surface area contributed by atoms with Crippen LogP contribution in [-0.2, 0) is 18.7 Å². The van der Waals surface area contributed by atoms with Crippen LogP contribution in [0.3, 0.4) is 0 Å². The van der Waals surface area contributed by atoms with Crippen molar-refractivity contribution in [2.24, 2.45) is 0 Å². The average Bonchev–Trinajstić information content (AvgIpc) is 3.07. The number of aryl methyl sites for hydroxylation is 1. The third-order valence-electron chi connectivity index (χ3n) is 6.29. The van der Waals surface area contributed by atoms with Crippen molar-refractivity contribution >= 4 is 0 Å². The third-order valence-corrected chi connectivity index (χ3v) is 6.29. The quantitative estimate of drug-likeness (QED) is 0.886. The van der Waals surface area contributed by atoms with Crippen LogP contribution in [0.4, 0.5) is 4.39 Å². The minimum atomic E-state index is -1.05. The number of benzene rings is 1. The highest BCUT2D eigenvalue weighted by Crippen LogP contribution is 2.46. The fourth-order valence-corrected chi connectivity index (χ4v) is 4.91. The number of aliphatic hydroxyl groups is 1. The molecule has 1 aromatic heterocycles. The van der Waals surface area contributed by atoms with Gasteiger partial charge in [0.15, 0.2) is 0 Å². The first kappa shape index (κ1) is 17.7. The molecule has 0 radical (unpaired) electrons. The van der Waals surface area contributed by atoms with Crippen molar-refractivity contribution in [3.8, 4) is 0 Å². The van der Waals surface area contributed by atoms with E-state index >= 15 is 0 Å². The number of halogens is 1. The summed E-state index contributed by atoms with van der Waals surface area (Å²) in [5, 5.41) is 15.8. The number of aromatic nitrogens is 2. The molecular formula is C21H28FN3O. The lowest BCUT2D eigenvalue weighted by atomic mass is 9.80. The maximum Gasteiger partial charge on any atom is 0.129 e. The summed E-state index contributed by atoms with van der Waals surface area (Å²) in [4.78, 5) is 2.51. The molecule has 0 saturated carbocycles. The van der Waals surface area contributed by atoms with Crippen LogP contribution in [0, 0.1) is 12.7 Å². The summed E-state index contributed by atoms with van der Waals surface area (Å²) in [7, 11) is 0. The Labute approximate surface area is 154 Å². The lowest BCUT2D eigenvalue weighted by Crippen LogP contribution is -2.49. The fraction of sp³-hybridized carbons (Fsp3) is 0.571. The number of piperidine rings is 1. The van der Waals surface area contributed by atoms with Crippen molar-refractivity contribution in [1.29, 1.82) is 0 Å². The number of nitrogens with zero attached hydrogens (tertiary/aromatic N) is 3. The monoisotopic (exact) mass is 357 g/mol. The van der Waals surface area contributed by atoms with Crippen LogP contribution in [0.5, 0.6) is 0 Å². The van der Waals surface area contributed by atoms with Gasteiger partial charge in [-0.3, -0.25) is 9.58 Å². The zero-order valence-corrected chi connectivity index (χ0v) is 15.7. The highest BCUT2D eigenvalue weighted by atomic mass is 19.1. The highest BCUT2D eigenvalue weighted by Gasteiger charge is 2.49. The summed E-state index contributed by atoms with van der Waals surface area (Å²) in [6.45, 7) is 6.12. The number of hydrogen-bond donors (Lipinski definition) is 1. The summed E-state index contributed by atoms with van der Waals surface area (Å²) >= 11 is 0. The van der Waals surface area contributed by atoms with Gasteiger partial charge in [0.1, 0.15) is 5.82 Å². The Balaban J connectivity index is 1.53. The van der Waals surface area contributed by atoms with Crippen molar-refractivity contribution in [2.75, 3.05) is 0 Å². The molecule has 4 nitrogen and oxygen atoms in total. The van der Waals surface area contributed by atoms with E-state index in [-0.39, 0.29) is 5.82 Å². The predicted molar refractivity (Wildman–Crippen MR) is 99.1 cm³/mol. The Bertz CT molecular complexity index is 773. The second-order valence-electron chi connectivity index (χ2n) is 7.96. The average molecular weight is 357 g/mol.